The van der Waals surface area contributed by atoms with E-state index in [2.05, 4.69) is 14.7 Å². The lowest BCUT2D eigenvalue weighted by molar-refractivity contribution is -0.274. The van der Waals surface area contributed by atoms with Crippen molar-refractivity contribution in [2.24, 2.45) is 0 Å². The second-order valence-corrected chi connectivity index (χ2v) is 6.74. The zero-order chi connectivity index (χ0) is 21.1. The van der Waals surface area contributed by atoms with Crippen molar-refractivity contribution in [2.75, 3.05) is 13.2 Å². The molecule has 0 saturated carbocycles. The summed E-state index contributed by atoms with van der Waals surface area (Å²) in [6.45, 7) is 1.84. The zero-order valence-electron chi connectivity index (χ0n) is 15.7. The lowest BCUT2D eigenvalue weighted by atomic mass is 10.1. The van der Waals surface area contributed by atoms with Gasteiger partial charge in [-0.25, -0.2) is 4.39 Å². The van der Waals surface area contributed by atoms with Crippen molar-refractivity contribution in [3.63, 3.8) is 0 Å². The molecule has 156 valence electrons. The van der Waals surface area contributed by atoms with E-state index in [4.69, 9.17) is 4.74 Å². The average molecular weight is 419 g/mol. The lowest BCUT2D eigenvalue weighted by Crippen LogP contribution is -2.26. The van der Waals surface area contributed by atoms with Gasteiger partial charge in [0.2, 0.25) is 0 Å². The Kier molecular flexibility index (Phi) is 5.54. The summed E-state index contributed by atoms with van der Waals surface area (Å²) < 4.78 is 60.6. The second kappa shape index (κ2) is 8.27. The molecule has 0 amide bonds. The van der Waals surface area contributed by atoms with E-state index in [9.17, 15) is 17.6 Å². The molecule has 0 fully saturated rings. The third-order valence-electron chi connectivity index (χ3n) is 4.60. The molecular weight excluding hydrogens is 402 g/mol. The van der Waals surface area contributed by atoms with Gasteiger partial charge in [-0.3, -0.25) is 14.9 Å². The number of ether oxygens (including phenoxy) is 2. The smallest absolute Gasteiger partial charge is 0.490 e. The van der Waals surface area contributed by atoms with Crippen LogP contribution >= 0.6 is 0 Å². The molecule has 9 heteroatoms. The van der Waals surface area contributed by atoms with Gasteiger partial charge in [-0.1, -0.05) is 0 Å². The number of fused-ring (bicyclic) bond motifs is 1. The molecule has 5 nitrogen and oxygen atoms in total. The third-order valence-corrected chi connectivity index (χ3v) is 4.60. The van der Waals surface area contributed by atoms with Gasteiger partial charge in [0.15, 0.2) is 0 Å². The highest BCUT2D eigenvalue weighted by Gasteiger charge is 2.31. The fourth-order valence-corrected chi connectivity index (χ4v) is 3.21. The molecule has 0 spiro atoms. The van der Waals surface area contributed by atoms with E-state index < -0.39 is 6.36 Å². The fraction of sp³-hybridized carbons (Fsp3) is 0.238. The number of alkyl halides is 3. The molecule has 0 saturated heterocycles. The van der Waals surface area contributed by atoms with Crippen LogP contribution in [0.3, 0.4) is 0 Å². The van der Waals surface area contributed by atoms with Crippen molar-refractivity contribution < 1.29 is 27.0 Å². The van der Waals surface area contributed by atoms with E-state index in [1.807, 2.05) is 11.0 Å². The molecule has 30 heavy (non-hydrogen) atoms. The van der Waals surface area contributed by atoms with E-state index in [1.165, 1.54) is 30.3 Å². The van der Waals surface area contributed by atoms with E-state index in [0.29, 0.717) is 48.9 Å². The lowest BCUT2D eigenvalue weighted by Gasteiger charge is -2.19. The zero-order valence-corrected chi connectivity index (χ0v) is 15.7. The normalized spacial score (nSPS) is 14.5. The predicted molar refractivity (Wildman–Crippen MR) is 100 cm³/mol. The minimum atomic E-state index is -4.74. The average Bonchev–Trinajstić information content (AvgIpc) is 2.90. The summed E-state index contributed by atoms with van der Waals surface area (Å²) >= 11 is 0. The molecule has 0 atom stereocenters. The van der Waals surface area contributed by atoms with E-state index in [0.717, 1.165) is 5.56 Å². The fourth-order valence-electron chi connectivity index (χ4n) is 3.21. The monoisotopic (exact) mass is 419 g/mol. The van der Waals surface area contributed by atoms with Crippen molar-refractivity contribution in [2.45, 2.75) is 19.5 Å². The van der Waals surface area contributed by atoms with E-state index >= 15 is 0 Å². The largest absolute Gasteiger partial charge is 0.573 e. The first-order valence-electron chi connectivity index (χ1n) is 9.17. The number of pyridine rings is 2. The van der Waals surface area contributed by atoms with Crippen molar-refractivity contribution in [1.29, 1.82) is 0 Å². The summed E-state index contributed by atoms with van der Waals surface area (Å²) in [7, 11) is 0. The third kappa shape index (κ3) is 4.85. The van der Waals surface area contributed by atoms with Gasteiger partial charge in [0.1, 0.15) is 23.9 Å². The maximum absolute atomic E-state index is 14.0. The van der Waals surface area contributed by atoms with Gasteiger partial charge in [-0.05, 0) is 42.5 Å². The molecule has 3 heterocycles. The minimum Gasteiger partial charge on any atom is -0.490 e. The van der Waals surface area contributed by atoms with Crippen LogP contribution in [0, 0.1) is 5.82 Å². The number of benzene rings is 1. The van der Waals surface area contributed by atoms with Crippen LogP contribution in [0.4, 0.5) is 17.6 Å². The van der Waals surface area contributed by atoms with Crippen molar-refractivity contribution >= 4 is 0 Å². The van der Waals surface area contributed by atoms with Gasteiger partial charge in [0.25, 0.3) is 0 Å². The maximum Gasteiger partial charge on any atom is 0.573 e. The maximum atomic E-state index is 14.0. The Bertz CT molecular complexity index is 1030. The number of aromatic nitrogens is 2. The highest BCUT2D eigenvalue weighted by Crippen LogP contribution is 2.30. The van der Waals surface area contributed by atoms with E-state index in [1.54, 1.807) is 18.5 Å². The first-order chi connectivity index (χ1) is 14.4. The first kappa shape index (κ1) is 20.1. The predicted octanol–water partition coefficient (Wildman–Crippen LogP) is 4.58. The van der Waals surface area contributed by atoms with Gasteiger partial charge in [0.05, 0.1) is 17.6 Å². The van der Waals surface area contributed by atoms with Crippen molar-refractivity contribution in [3.8, 4) is 22.8 Å². The van der Waals surface area contributed by atoms with Crippen molar-refractivity contribution in [1.82, 2.24) is 14.9 Å². The molecule has 0 N–H and O–H groups in total. The summed E-state index contributed by atoms with van der Waals surface area (Å²) in [6, 6.07) is 10.2. The molecule has 4 rings (SSSR count). The number of hydrogen-bond donors (Lipinski definition) is 0. The molecule has 2 aromatic heterocycles. The van der Waals surface area contributed by atoms with Crippen LogP contribution in [0.1, 0.15) is 11.3 Å². The Morgan fingerprint density at radius 1 is 1.10 bits per heavy atom. The molecule has 0 aliphatic carbocycles. The molecule has 1 aromatic carbocycles. The quantitative estimate of drug-likeness (QED) is 0.580. The number of halogens is 4. The topological polar surface area (TPSA) is 47.5 Å². The molecule has 0 unspecified atom stereocenters. The number of nitrogens with zero attached hydrogens (tertiary/aromatic N) is 3. The Balaban J connectivity index is 1.54. The Labute approximate surface area is 169 Å². The van der Waals surface area contributed by atoms with Crippen LogP contribution < -0.4 is 9.47 Å². The minimum absolute atomic E-state index is 0.298. The number of hydrogen-bond acceptors (Lipinski definition) is 5. The van der Waals surface area contributed by atoms with Crippen LogP contribution in [0.5, 0.6) is 11.5 Å². The number of rotatable bonds is 4. The van der Waals surface area contributed by atoms with Crippen LogP contribution in [-0.4, -0.2) is 34.4 Å². The molecule has 0 radical (unpaired) electrons. The summed E-state index contributed by atoms with van der Waals surface area (Å²) in [4.78, 5) is 10.5. The van der Waals surface area contributed by atoms with Crippen molar-refractivity contribution in [3.05, 3.63) is 71.9 Å². The molecule has 1 aliphatic heterocycles. The van der Waals surface area contributed by atoms with Crippen LogP contribution in [0.25, 0.3) is 11.3 Å². The van der Waals surface area contributed by atoms with Crippen LogP contribution in [0.2, 0.25) is 0 Å². The molecular formula is C21H17F4N3O2. The second-order valence-electron chi connectivity index (χ2n) is 6.74. The molecule has 3 aromatic rings. The summed E-state index contributed by atoms with van der Waals surface area (Å²) in [5.41, 5.74) is 2.43. The Hall–Kier alpha value is -3.20. The molecule has 1 aliphatic rings. The highest BCUT2D eigenvalue weighted by molar-refractivity contribution is 5.62. The highest BCUT2D eigenvalue weighted by atomic mass is 19.4. The van der Waals surface area contributed by atoms with Gasteiger partial charge in [0, 0.05) is 37.0 Å². The van der Waals surface area contributed by atoms with Gasteiger partial charge in [-0.15, -0.1) is 13.2 Å². The SMILES string of the molecule is Fc1cccnc1CN1CCOc2cnc(-c3ccc(OC(F)(F)F)cc3)cc2C1. The van der Waals surface area contributed by atoms with Gasteiger partial charge >= 0.3 is 6.36 Å². The Morgan fingerprint density at radius 3 is 2.63 bits per heavy atom. The molecule has 0 bridgehead atoms. The van der Waals surface area contributed by atoms with E-state index in [-0.39, 0.29) is 11.6 Å². The van der Waals surface area contributed by atoms with Crippen LogP contribution in [-0.2, 0) is 13.1 Å². The van der Waals surface area contributed by atoms with Gasteiger partial charge < -0.3 is 9.47 Å². The first-order valence-corrected chi connectivity index (χ1v) is 9.17. The summed E-state index contributed by atoms with van der Waals surface area (Å²) in [6.07, 6.45) is -1.60. The van der Waals surface area contributed by atoms with Gasteiger partial charge in [-0.2, -0.15) is 0 Å². The summed E-state index contributed by atoms with van der Waals surface area (Å²) in [5, 5.41) is 0. The van der Waals surface area contributed by atoms with Crippen LogP contribution in [0.15, 0.2) is 54.9 Å². The summed E-state index contributed by atoms with van der Waals surface area (Å²) in [5.74, 6) is -0.0351. The standard InChI is InChI=1S/C21H17F4N3O2/c22-17-2-1-7-26-19(17)13-28-8-9-29-20-11-27-18(10-15(20)12-28)14-3-5-16(6-4-14)30-21(23,24)25/h1-7,10-11H,8-9,12-13H2. The Morgan fingerprint density at radius 2 is 1.90 bits per heavy atom.